The molecule has 30 heavy (non-hydrogen) atoms. The quantitative estimate of drug-likeness (QED) is 0.444. The Hall–Kier alpha value is -3.58. The maximum atomic E-state index is 13.4. The van der Waals surface area contributed by atoms with Crippen molar-refractivity contribution in [3.05, 3.63) is 90.7 Å². The maximum absolute atomic E-state index is 13.4. The van der Waals surface area contributed by atoms with Crippen molar-refractivity contribution in [2.45, 2.75) is 11.8 Å². The van der Waals surface area contributed by atoms with E-state index in [0.717, 1.165) is 4.31 Å². The third kappa shape index (κ3) is 3.67. The number of benzene rings is 3. The fourth-order valence-corrected chi connectivity index (χ4v) is 4.51. The average molecular weight is 421 g/mol. The summed E-state index contributed by atoms with van der Waals surface area (Å²) in [7, 11) is -4.18. The Kier molecular flexibility index (Phi) is 5.29. The Morgan fingerprint density at radius 3 is 2.27 bits per heavy atom. The second-order valence-electron chi connectivity index (χ2n) is 6.46. The van der Waals surface area contributed by atoms with Crippen molar-refractivity contribution in [2.24, 2.45) is 0 Å². The molecule has 0 saturated carbocycles. The molecule has 1 aromatic heterocycles. The van der Waals surface area contributed by atoms with Crippen LogP contribution in [0.4, 0.5) is 5.69 Å². The van der Waals surface area contributed by atoms with E-state index in [-0.39, 0.29) is 16.3 Å². The zero-order chi connectivity index (χ0) is 21.1. The van der Waals surface area contributed by atoms with E-state index >= 15 is 0 Å². The van der Waals surface area contributed by atoms with Crippen LogP contribution in [0, 0.1) is 0 Å². The van der Waals surface area contributed by atoms with E-state index in [2.05, 4.69) is 0 Å². The molecule has 0 atom stereocenters. The summed E-state index contributed by atoms with van der Waals surface area (Å²) in [5, 5.41) is 0.713. The minimum atomic E-state index is -4.18. The van der Waals surface area contributed by atoms with Gasteiger partial charge in [0.25, 0.3) is 10.0 Å². The third-order valence-electron chi connectivity index (χ3n) is 4.48. The summed E-state index contributed by atoms with van der Waals surface area (Å²) in [4.78, 5) is 13.4. The van der Waals surface area contributed by atoms with Crippen molar-refractivity contribution in [1.82, 2.24) is 0 Å². The summed E-state index contributed by atoms with van der Waals surface area (Å²) in [6.07, 6.45) is 0. The molecular weight excluding hydrogens is 402 g/mol. The molecule has 0 radical (unpaired) electrons. The molecule has 0 fully saturated rings. The van der Waals surface area contributed by atoms with Gasteiger partial charge >= 0.3 is 5.91 Å². The Balaban J connectivity index is 1.83. The molecule has 0 N–H and O–H groups in total. The highest BCUT2D eigenvalue weighted by Crippen LogP contribution is 2.29. The lowest BCUT2D eigenvalue weighted by Gasteiger charge is -2.22. The van der Waals surface area contributed by atoms with Gasteiger partial charge in [0.05, 0.1) is 17.2 Å². The van der Waals surface area contributed by atoms with E-state index in [4.69, 9.17) is 9.15 Å². The third-order valence-corrected chi connectivity index (χ3v) is 6.21. The number of furan rings is 1. The molecular formula is C23H19NO5S. The van der Waals surface area contributed by atoms with Gasteiger partial charge in [-0.05, 0) is 55.5 Å². The van der Waals surface area contributed by atoms with E-state index in [0.29, 0.717) is 23.3 Å². The molecule has 6 nitrogen and oxygen atoms in total. The van der Waals surface area contributed by atoms with Gasteiger partial charge in [-0.2, -0.15) is 4.31 Å². The van der Waals surface area contributed by atoms with Crippen LogP contribution in [0.25, 0.3) is 11.0 Å². The smallest absolute Gasteiger partial charge is 0.308 e. The minimum Gasteiger partial charge on any atom is -0.494 e. The summed E-state index contributed by atoms with van der Waals surface area (Å²) < 4.78 is 38.6. The number of hydrogen-bond acceptors (Lipinski definition) is 5. The molecule has 0 aliphatic carbocycles. The van der Waals surface area contributed by atoms with Crippen LogP contribution in [-0.4, -0.2) is 20.9 Å². The van der Waals surface area contributed by atoms with Crippen LogP contribution in [0.3, 0.4) is 0 Å². The Labute approximate surface area is 174 Å². The van der Waals surface area contributed by atoms with Gasteiger partial charge in [-0.1, -0.05) is 36.4 Å². The van der Waals surface area contributed by atoms with Crippen molar-refractivity contribution in [2.75, 3.05) is 10.9 Å². The molecule has 0 spiro atoms. The first-order chi connectivity index (χ1) is 14.5. The number of amides is 1. The molecule has 4 rings (SSSR count). The summed E-state index contributed by atoms with van der Waals surface area (Å²) >= 11 is 0. The number of carbonyl (C=O) groups excluding carboxylic acids is 1. The van der Waals surface area contributed by atoms with Gasteiger partial charge in [-0.3, -0.25) is 4.79 Å². The van der Waals surface area contributed by atoms with Crippen LogP contribution >= 0.6 is 0 Å². The number of fused-ring (bicyclic) bond motifs is 1. The van der Waals surface area contributed by atoms with Gasteiger partial charge in [0.2, 0.25) is 0 Å². The second kappa shape index (κ2) is 8.04. The topological polar surface area (TPSA) is 76.8 Å². The first-order valence-corrected chi connectivity index (χ1v) is 10.8. The van der Waals surface area contributed by atoms with Crippen LogP contribution in [0.15, 0.2) is 94.2 Å². The van der Waals surface area contributed by atoms with Crippen LogP contribution in [-0.2, 0) is 10.0 Å². The number of carbonyl (C=O) groups is 1. The first-order valence-electron chi connectivity index (χ1n) is 9.37. The maximum Gasteiger partial charge on any atom is 0.308 e. The number of anilines is 1. The van der Waals surface area contributed by atoms with Crippen LogP contribution < -0.4 is 9.04 Å². The average Bonchev–Trinajstić information content (AvgIpc) is 3.20. The lowest BCUT2D eigenvalue weighted by molar-refractivity contribution is 0.0981. The van der Waals surface area contributed by atoms with Crippen molar-refractivity contribution in [1.29, 1.82) is 0 Å². The lowest BCUT2D eigenvalue weighted by Crippen LogP contribution is -2.36. The number of nitrogens with zero attached hydrogens (tertiary/aromatic N) is 1. The molecule has 4 aromatic rings. The fourth-order valence-electron chi connectivity index (χ4n) is 3.09. The molecule has 152 valence electrons. The highest BCUT2D eigenvalue weighted by atomic mass is 32.2. The van der Waals surface area contributed by atoms with Gasteiger partial charge in [-0.15, -0.1) is 0 Å². The van der Waals surface area contributed by atoms with Crippen molar-refractivity contribution in [3.8, 4) is 5.75 Å². The largest absolute Gasteiger partial charge is 0.494 e. The highest BCUT2D eigenvalue weighted by molar-refractivity contribution is 7.93. The van der Waals surface area contributed by atoms with Crippen LogP contribution in [0.1, 0.15) is 17.5 Å². The Morgan fingerprint density at radius 1 is 0.933 bits per heavy atom. The van der Waals surface area contributed by atoms with Gasteiger partial charge in [0.1, 0.15) is 11.3 Å². The van der Waals surface area contributed by atoms with E-state index < -0.39 is 15.9 Å². The van der Waals surface area contributed by atoms with Gasteiger partial charge in [0, 0.05) is 5.39 Å². The predicted molar refractivity (Wildman–Crippen MR) is 114 cm³/mol. The number of para-hydroxylation sites is 1. The van der Waals surface area contributed by atoms with Gasteiger partial charge < -0.3 is 9.15 Å². The molecule has 3 aromatic carbocycles. The van der Waals surface area contributed by atoms with Crippen LogP contribution in [0.2, 0.25) is 0 Å². The number of ether oxygens (including phenoxy) is 1. The molecule has 1 amide bonds. The standard InChI is InChI=1S/C23H19NO5S/c1-2-28-19-14-12-18(13-15-19)24(30(26,27)20-9-4-3-5-10-20)23(25)22-16-17-8-6-7-11-21(17)29-22/h3-16H,2H2,1H3. The molecule has 0 aliphatic heterocycles. The Bertz CT molecular complexity index is 1250. The molecule has 1 heterocycles. The number of sulfonamides is 1. The second-order valence-corrected chi connectivity index (χ2v) is 8.25. The van der Waals surface area contributed by atoms with E-state index in [1.54, 1.807) is 54.6 Å². The van der Waals surface area contributed by atoms with Crippen LogP contribution in [0.5, 0.6) is 5.75 Å². The molecule has 0 aliphatic rings. The van der Waals surface area contributed by atoms with E-state index in [1.165, 1.54) is 24.3 Å². The highest BCUT2D eigenvalue weighted by Gasteiger charge is 2.33. The SMILES string of the molecule is CCOc1ccc(N(C(=O)c2cc3ccccc3o2)S(=O)(=O)c2ccccc2)cc1. The predicted octanol–water partition coefficient (Wildman–Crippen LogP) is 4.87. The van der Waals surface area contributed by atoms with Crippen molar-refractivity contribution in [3.63, 3.8) is 0 Å². The summed E-state index contributed by atoms with van der Waals surface area (Å²) in [5.74, 6) is -0.265. The summed E-state index contributed by atoms with van der Waals surface area (Å²) in [6.45, 7) is 2.33. The monoisotopic (exact) mass is 421 g/mol. The fraction of sp³-hybridized carbons (Fsp3) is 0.0870. The van der Waals surface area contributed by atoms with Gasteiger partial charge in [-0.25, -0.2) is 8.42 Å². The lowest BCUT2D eigenvalue weighted by atomic mass is 10.2. The number of hydrogen-bond donors (Lipinski definition) is 0. The Morgan fingerprint density at radius 2 is 1.60 bits per heavy atom. The summed E-state index contributed by atoms with van der Waals surface area (Å²) in [6, 6.07) is 22.8. The first kappa shape index (κ1) is 19.7. The zero-order valence-corrected chi connectivity index (χ0v) is 17.0. The van der Waals surface area contributed by atoms with E-state index in [9.17, 15) is 13.2 Å². The van der Waals surface area contributed by atoms with Crippen molar-refractivity contribution < 1.29 is 22.4 Å². The zero-order valence-electron chi connectivity index (χ0n) is 16.2. The normalized spacial score (nSPS) is 11.4. The minimum absolute atomic E-state index is 0.00310. The molecule has 0 bridgehead atoms. The molecule has 0 saturated heterocycles. The summed E-state index contributed by atoms with van der Waals surface area (Å²) in [5.41, 5.74) is 0.692. The van der Waals surface area contributed by atoms with E-state index in [1.807, 2.05) is 13.0 Å². The van der Waals surface area contributed by atoms with Gasteiger partial charge in [0.15, 0.2) is 5.76 Å². The molecule has 7 heteroatoms. The van der Waals surface area contributed by atoms with Crippen molar-refractivity contribution >= 4 is 32.6 Å². The number of rotatable bonds is 6. The molecule has 0 unspecified atom stereocenters.